The monoisotopic (exact) mass is 430 g/mol. The Morgan fingerprint density at radius 1 is 1.00 bits per heavy atom. The summed E-state index contributed by atoms with van der Waals surface area (Å²) >= 11 is 0. The summed E-state index contributed by atoms with van der Waals surface area (Å²) < 4.78 is 9.97. The summed E-state index contributed by atoms with van der Waals surface area (Å²) in [5.74, 6) is 0.697. The predicted molar refractivity (Wildman–Crippen MR) is 129 cm³/mol. The van der Waals surface area contributed by atoms with E-state index < -0.39 is 7.79 Å². The summed E-state index contributed by atoms with van der Waals surface area (Å²) in [6.45, 7) is 5.46. The van der Waals surface area contributed by atoms with Crippen molar-refractivity contribution in [2.45, 2.75) is 18.9 Å². The highest BCUT2D eigenvalue weighted by Crippen LogP contribution is 2.66. The van der Waals surface area contributed by atoms with Crippen LogP contribution in [0.25, 0.3) is 17.2 Å². The van der Waals surface area contributed by atoms with Crippen LogP contribution in [0.3, 0.4) is 0 Å². The van der Waals surface area contributed by atoms with Gasteiger partial charge >= 0.3 is 0 Å². The molecule has 3 aromatic carbocycles. The third kappa shape index (κ3) is 3.36. The fraction of sp³-hybridized carbons (Fsp3) is 0.231. The van der Waals surface area contributed by atoms with Crippen molar-refractivity contribution in [2.24, 2.45) is 0 Å². The second kappa shape index (κ2) is 8.12. The third-order valence-corrected chi connectivity index (χ3v) is 9.72. The minimum absolute atomic E-state index is 0.321. The summed E-state index contributed by atoms with van der Waals surface area (Å²) in [6, 6.07) is 24.9. The molecular formula is C26H27N2O2P. The molecule has 3 aromatic rings. The molecule has 2 aliphatic rings. The van der Waals surface area contributed by atoms with Gasteiger partial charge in [-0.3, -0.25) is 0 Å². The highest BCUT2D eigenvalue weighted by molar-refractivity contribution is 7.76. The van der Waals surface area contributed by atoms with Gasteiger partial charge < -0.3 is 9.63 Å². The van der Waals surface area contributed by atoms with Gasteiger partial charge in [0.15, 0.2) is 18.8 Å². The highest BCUT2D eigenvalue weighted by Gasteiger charge is 2.57. The number of nitrogens with zero attached hydrogens (tertiary/aromatic N) is 2. The van der Waals surface area contributed by atoms with Gasteiger partial charge in [0.25, 0.3) is 0 Å². The predicted octanol–water partition coefficient (Wildman–Crippen LogP) is 4.74. The number of rotatable bonds is 5. The SMILES string of the molecule is C=Cc1ccc(-c2ccc(N3CC4CCCN4[P+]3([O-])c3ccccc3OC)cc2)cc1. The molecule has 0 aliphatic carbocycles. The largest absolute Gasteiger partial charge is 0.642 e. The maximum Gasteiger partial charge on any atom is 0.171 e. The second-order valence-corrected chi connectivity index (χ2v) is 10.7. The number of hydrogen-bond donors (Lipinski definition) is 0. The topological polar surface area (TPSA) is 38.8 Å². The zero-order valence-electron chi connectivity index (χ0n) is 17.8. The van der Waals surface area contributed by atoms with Gasteiger partial charge in [-0.05, 0) is 53.8 Å². The van der Waals surface area contributed by atoms with Crippen molar-refractivity contribution in [2.75, 3.05) is 24.9 Å². The Hall–Kier alpha value is -2.65. The molecular weight excluding hydrogens is 403 g/mol. The minimum Gasteiger partial charge on any atom is -0.642 e. The van der Waals surface area contributed by atoms with Gasteiger partial charge in [0.1, 0.15) is 0 Å². The Kier molecular flexibility index (Phi) is 5.31. The average molecular weight is 430 g/mol. The number of hydrogen-bond acceptors (Lipinski definition) is 4. The second-order valence-electron chi connectivity index (χ2n) is 8.13. The summed E-state index contributed by atoms with van der Waals surface area (Å²) in [5, 5.41) is 0.797. The van der Waals surface area contributed by atoms with E-state index in [0.29, 0.717) is 11.8 Å². The molecule has 5 rings (SSSR count). The summed E-state index contributed by atoms with van der Waals surface area (Å²) in [4.78, 5) is 14.7. The quantitative estimate of drug-likeness (QED) is 0.548. The molecule has 0 spiro atoms. The van der Waals surface area contributed by atoms with Crippen LogP contribution < -0.4 is 19.6 Å². The molecule has 5 heteroatoms. The fourth-order valence-corrected chi connectivity index (χ4v) is 8.30. The van der Waals surface area contributed by atoms with E-state index in [1.807, 2.05) is 30.3 Å². The van der Waals surface area contributed by atoms with E-state index in [-0.39, 0.29) is 0 Å². The van der Waals surface area contributed by atoms with Crippen molar-refractivity contribution in [3.05, 3.63) is 84.9 Å². The first kappa shape index (κ1) is 20.3. The number of ether oxygens (including phenoxy) is 1. The molecule has 2 saturated heterocycles. The van der Waals surface area contributed by atoms with Crippen LogP contribution in [0, 0.1) is 0 Å². The Balaban J connectivity index is 1.52. The van der Waals surface area contributed by atoms with Gasteiger partial charge in [-0.25, -0.2) is 4.67 Å². The number of fused-ring (bicyclic) bond motifs is 1. The van der Waals surface area contributed by atoms with E-state index >= 15 is 0 Å². The highest BCUT2D eigenvalue weighted by atomic mass is 31.2. The van der Waals surface area contributed by atoms with Crippen LogP contribution in [-0.4, -0.2) is 30.9 Å². The molecule has 158 valence electrons. The van der Waals surface area contributed by atoms with Gasteiger partial charge in [-0.2, -0.15) is 4.67 Å². The lowest BCUT2D eigenvalue weighted by Gasteiger charge is -2.40. The van der Waals surface area contributed by atoms with Crippen LogP contribution in [0.5, 0.6) is 5.75 Å². The molecule has 4 nitrogen and oxygen atoms in total. The van der Waals surface area contributed by atoms with Crippen LogP contribution >= 0.6 is 7.79 Å². The molecule has 2 fully saturated rings. The maximum atomic E-state index is 14.7. The van der Waals surface area contributed by atoms with E-state index in [1.165, 1.54) is 0 Å². The number of benzene rings is 3. The summed E-state index contributed by atoms with van der Waals surface area (Å²) in [6.07, 6.45) is 4.03. The van der Waals surface area contributed by atoms with Gasteiger partial charge in [-0.15, -0.1) is 0 Å². The number of methoxy groups -OCH3 is 1. The molecule has 0 saturated carbocycles. The van der Waals surface area contributed by atoms with Gasteiger partial charge in [0.2, 0.25) is 0 Å². The third-order valence-electron chi connectivity index (χ3n) is 6.45. The van der Waals surface area contributed by atoms with Crippen molar-refractivity contribution in [1.82, 2.24) is 4.67 Å². The minimum atomic E-state index is -2.98. The normalized spacial score (nSPS) is 23.0. The molecule has 0 N–H and O–H groups in total. The lowest BCUT2D eigenvalue weighted by atomic mass is 10.0. The maximum absolute atomic E-state index is 14.7. The summed E-state index contributed by atoms with van der Waals surface area (Å²) in [7, 11) is -1.33. The van der Waals surface area contributed by atoms with Crippen LogP contribution in [0.2, 0.25) is 0 Å². The number of para-hydroxylation sites is 1. The Labute approximate surface area is 184 Å². The van der Waals surface area contributed by atoms with E-state index in [0.717, 1.165) is 53.6 Å². The lowest BCUT2D eigenvalue weighted by Crippen LogP contribution is -2.41. The molecule has 0 aromatic heterocycles. The standard InChI is InChI=1S/C26H27N2O2P/c1-3-20-10-12-21(13-11-20)22-14-16-23(17-15-22)28-19-24-7-6-18-27(24)31(28,29)26-9-5-4-8-25(26)30-2/h3-5,8-17,24H,1,6-7,18-19H2,2H3. The van der Waals surface area contributed by atoms with E-state index in [2.05, 4.69) is 64.5 Å². The molecule has 0 bridgehead atoms. The fourth-order valence-electron chi connectivity index (χ4n) is 4.85. The molecule has 2 atom stereocenters. The Morgan fingerprint density at radius 3 is 2.35 bits per heavy atom. The van der Waals surface area contributed by atoms with Gasteiger partial charge in [0.05, 0.1) is 25.4 Å². The average Bonchev–Trinajstić information content (AvgIpc) is 3.41. The smallest absolute Gasteiger partial charge is 0.171 e. The van der Waals surface area contributed by atoms with E-state index in [4.69, 9.17) is 4.74 Å². The van der Waals surface area contributed by atoms with Crippen LogP contribution in [0.4, 0.5) is 5.69 Å². The van der Waals surface area contributed by atoms with Crippen molar-refractivity contribution in [3.63, 3.8) is 0 Å². The van der Waals surface area contributed by atoms with Crippen molar-refractivity contribution >= 4 is 24.9 Å². The first-order valence-corrected chi connectivity index (χ1v) is 12.4. The van der Waals surface area contributed by atoms with Crippen molar-refractivity contribution < 1.29 is 9.63 Å². The van der Waals surface area contributed by atoms with Gasteiger partial charge in [0, 0.05) is 6.54 Å². The Bertz CT molecular complexity index is 1080. The van der Waals surface area contributed by atoms with Crippen LogP contribution in [-0.2, 0) is 0 Å². The first-order valence-electron chi connectivity index (χ1n) is 10.8. The van der Waals surface area contributed by atoms with Crippen molar-refractivity contribution in [3.8, 4) is 16.9 Å². The first-order chi connectivity index (χ1) is 15.1. The molecule has 31 heavy (non-hydrogen) atoms. The molecule has 2 heterocycles. The van der Waals surface area contributed by atoms with Crippen molar-refractivity contribution in [1.29, 1.82) is 0 Å². The van der Waals surface area contributed by atoms with Gasteiger partial charge in [-0.1, -0.05) is 61.2 Å². The number of anilines is 1. The lowest BCUT2D eigenvalue weighted by molar-refractivity contribution is -0.176. The molecule has 2 unspecified atom stereocenters. The summed E-state index contributed by atoms with van der Waals surface area (Å²) in [5.41, 5.74) is 4.41. The van der Waals surface area contributed by atoms with E-state index in [9.17, 15) is 4.89 Å². The molecule has 0 radical (unpaired) electrons. The van der Waals surface area contributed by atoms with Crippen LogP contribution in [0.15, 0.2) is 79.4 Å². The van der Waals surface area contributed by atoms with Crippen LogP contribution in [0.1, 0.15) is 18.4 Å². The zero-order chi connectivity index (χ0) is 21.4. The Morgan fingerprint density at radius 2 is 1.68 bits per heavy atom. The molecule has 0 amide bonds. The molecule has 2 aliphatic heterocycles. The zero-order valence-corrected chi connectivity index (χ0v) is 18.7. The van der Waals surface area contributed by atoms with E-state index in [1.54, 1.807) is 7.11 Å².